The molecular weight excluding hydrogens is 514 g/mol. The molecule has 10 nitrogen and oxygen atoms in total. The van der Waals surface area contributed by atoms with Crippen LogP contribution >= 0.6 is 0 Å². The maximum Gasteiger partial charge on any atom is 0.329 e. The van der Waals surface area contributed by atoms with Crippen molar-refractivity contribution in [2.75, 3.05) is 34.3 Å². The summed E-state index contributed by atoms with van der Waals surface area (Å²) in [5.74, 6) is -2.71. The van der Waals surface area contributed by atoms with Crippen molar-refractivity contribution < 1.29 is 34.4 Å². The number of rotatable bonds is 25. The van der Waals surface area contributed by atoms with Crippen LogP contribution in [0.1, 0.15) is 117 Å². The minimum absolute atomic E-state index is 0.0929. The van der Waals surface area contributed by atoms with E-state index in [1.807, 2.05) is 0 Å². The number of methoxy groups -OCH3 is 1. The van der Waals surface area contributed by atoms with Crippen molar-refractivity contribution >= 4 is 17.8 Å². The maximum absolute atomic E-state index is 12.5. The molecule has 0 rings (SSSR count). The zero-order valence-corrected chi connectivity index (χ0v) is 25.9. The van der Waals surface area contributed by atoms with E-state index in [0.29, 0.717) is 6.54 Å². The fourth-order valence-electron chi connectivity index (χ4n) is 4.60. The molecule has 0 aliphatic carbocycles. The number of aliphatic hydroxyl groups excluding tert-OH is 2. The smallest absolute Gasteiger partial charge is 0.329 e. The first-order valence-corrected chi connectivity index (χ1v) is 15.4. The molecule has 0 aromatic carbocycles. The molecule has 0 bridgehead atoms. The average Bonchev–Trinajstić information content (AvgIpc) is 2.92. The van der Waals surface area contributed by atoms with Crippen LogP contribution in [0.3, 0.4) is 0 Å². The average molecular weight is 574 g/mol. The maximum atomic E-state index is 12.5. The number of carbonyl (C=O) groups is 3. The number of ether oxygens (including phenoxy) is 1. The highest BCUT2D eigenvalue weighted by molar-refractivity contribution is 5.89. The zero-order chi connectivity index (χ0) is 30.4. The molecule has 236 valence electrons. The van der Waals surface area contributed by atoms with E-state index >= 15 is 0 Å². The molecule has 10 heteroatoms. The molecule has 0 radical (unpaired) electrons. The number of nitrogens with zero attached hydrogens (tertiary/aromatic N) is 1. The van der Waals surface area contributed by atoms with Gasteiger partial charge in [0, 0.05) is 13.1 Å². The van der Waals surface area contributed by atoms with Gasteiger partial charge < -0.3 is 35.6 Å². The SMILES string of the molecule is CCCCCCCCCCCCCCCCCCNC(=O)C(O)C(C)(O)C(O)C(=O)NC(CN(C)C)C(=O)OC. The molecule has 4 unspecified atom stereocenters. The Kier molecular flexibility index (Phi) is 21.9. The van der Waals surface area contributed by atoms with Crippen molar-refractivity contribution in [1.29, 1.82) is 0 Å². The number of nitrogens with one attached hydrogen (secondary N) is 2. The summed E-state index contributed by atoms with van der Waals surface area (Å²) in [6, 6.07) is -1.10. The number of esters is 1. The van der Waals surface area contributed by atoms with Crippen molar-refractivity contribution in [3.05, 3.63) is 0 Å². The first-order valence-electron chi connectivity index (χ1n) is 15.4. The normalized spacial score (nSPS) is 15.2. The van der Waals surface area contributed by atoms with E-state index in [1.165, 1.54) is 77.0 Å². The molecule has 5 N–H and O–H groups in total. The number of amides is 2. The Morgan fingerprint density at radius 2 is 1.15 bits per heavy atom. The summed E-state index contributed by atoms with van der Waals surface area (Å²) in [4.78, 5) is 38.4. The van der Waals surface area contributed by atoms with Gasteiger partial charge in [-0.2, -0.15) is 0 Å². The Hall–Kier alpha value is -1.75. The van der Waals surface area contributed by atoms with E-state index < -0.39 is 41.6 Å². The van der Waals surface area contributed by atoms with Gasteiger partial charge in [-0.05, 0) is 27.4 Å². The van der Waals surface area contributed by atoms with Gasteiger partial charge in [0.1, 0.15) is 11.6 Å². The second-order valence-electron chi connectivity index (χ2n) is 11.5. The molecule has 0 spiro atoms. The third-order valence-corrected chi connectivity index (χ3v) is 7.28. The van der Waals surface area contributed by atoms with Crippen molar-refractivity contribution in [1.82, 2.24) is 15.5 Å². The summed E-state index contributed by atoms with van der Waals surface area (Å²) < 4.78 is 4.65. The Morgan fingerprint density at radius 1 is 0.750 bits per heavy atom. The first kappa shape index (κ1) is 38.2. The largest absolute Gasteiger partial charge is 0.467 e. The summed E-state index contributed by atoms with van der Waals surface area (Å²) in [5.41, 5.74) is -2.47. The van der Waals surface area contributed by atoms with Crippen LogP contribution in [0, 0.1) is 0 Å². The number of unbranched alkanes of at least 4 members (excludes halogenated alkanes) is 15. The number of aliphatic hydroxyl groups is 3. The van der Waals surface area contributed by atoms with E-state index in [4.69, 9.17) is 0 Å². The van der Waals surface area contributed by atoms with Gasteiger partial charge in [-0.3, -0.25) is 9.59 Å². The van der Waals surface area contributed by atoms with Gasteiger partial charge in [-0.15, -0.1) is 0 Å². The minimum atomic E-state index is -2.47. The summed E-state index contributed by atoms with van der Waals surface area (Å²) in [6.45, 7) is 3.66. The monoisotopic (exact) mass is 573 g/mol. The molecule has 0 saturated carbocycles. The van der Waals surface area contributed by atoms with E-state index in [1.54, 1.807) is 19.0 Å². The molecule has 2 amide bonds. The third kappa shape index (κ3) is 17.1. The second-order valence-corrected chi connectivity index (χ2v) is 11.5. The lowest BCUT2D eigenvalue weighted by Crippen LogP contribution is -2.62. The Bertz CT molecular complexity index is 688. The predicted molar refractivity (Wildman–Crippen MR) is 158 cm³/mol. The topological polar surface area (TPSA) is 148 Å². The van der Waals surface area contributed by atoms with Gasteiger partial charge in [-0.1, -0.05) is 103 Å². The molecule has 0 fully saturated rings. The van der Waals surface area contributed by atoms with Gasteiger partial charge in [-0.25, -0.2) is 4.79 Å². The number of likely N-dealkylation sites (N-methyl/N-ethyl adjacent to an activating group) is 1. The van der Waals surface area contributed by atoms with Gasteiger partial charge in [0.2, 0.25) is 0 Å². The Labute approximate surface area is 242 Å². The Morgan fingerprint density at radius 3 is 1.55 bits per heavy atom. The van der Waals surface area contributed by atoms with Crippen molar-refractivity contribution in [2.45, 2.75) is 140 Å². The fraction of sp³-hybridized carbons (Fsp3) is 0.900. The highest BCUT2D eigenvalue weighted by Crippen LogP contribution is 2.17. The van der Waals surface area contributed by atoms with Crippen LogP contribution in [0.15, 0.2) is 0 Å². The van der Waals surface area contributed by atoms with Gasteiger partial charge in [0.15, 0.2) is 12.2 Å². The standard InChI is InChI=1S/C30H59N3O7/c1-6-7-8-9-10-11-12-13-14-15-16-17-18-19-20-21-22-31-27(36)25(34)30(2,39)26(35)28(37)32-24(23-33(3)4)29(38)40-5/h24-26,34-35,39H,6-23H2,1-5H3,(H,31,36)(H,32,37). The highest BCUT2D eigenvalue weighted by atomic mass is 16.5. The summed E-state index contributed by atoms with van der Waals surface area (Å²) in [5, 5.41) is 36.1. The van der Waals surface area contributed by atoms with Crippen LogP contribution in [0.25, 0.3) is 0 Å². The molecule has 0 saturated heterocycles. The van der Waals surface area contributed by atoms with Crippen LogP contribution in [-0.2, 0) is 19.1 Å². The van der Waals surface area contributed by atoms with E-state index in [9.17, 15) is 29.7 Å². The lowest BCUT2D eigenvalue weighted by molar-refractivity contribution is -0.171. The summed E-state index contributed by atoms with van der Waals surface area (Å²) in [6.07, 6.45) is 15.7. The molecule has 0 aliphatic rings. The van der Waals surface area contributed by atoms with Crippen molar-refractivity contribution in [2.24, 2.45) is 0 Å². The first-order chi connectivity index (χ1) is 19.0. The zero-order valence-electron chi connectivity index (χ0n) is 25.9. The van der Waals surface area contributed by atoms with Crippen LogP contribution < -0.4 is 10.6 Å². The molecular formula is C30H59N3O7. The molecule has 40 heavy (non-hydrogen) atoms. The number of carbonyl (C=O) groups excluding carboxylic acids is 3. The number of hydrogen-bond acceptors (Lipinski definition) is 8. The quantitative estimate of drug-likeness (QED) is 0.0827. The molecule has 4 atom stereocenters. The van der Waals surface area contributed by atoms with E-state index in [2.05, 4.69) is 22.3 Å². The van der Waals surface area contributed by atoms with Crippen LogP contribution in [-0.4, -0.2) is 96.1 Å². The van der Waals surface area contributed by atoms with Crippen molar-refractivity contribution in [3.8, 4) is 0 Å². The van der Waals surface area contributed by atoms with Gasteiger partial charge in [0.25, 0.3) is 11.8 Å². The van der Waals surface area contributed by atoms with E-state index in [-0.39, 0.29) is 6.54 Å². The second kappa shape index (κ2) is 22.9. The molecule has 0 heterocycles. The fourth-order valence-corrected chi connectivity index (χ4v) is 4.60. The predicted octanol–water partition coefficient (Wildman–Crippen LogP) is 3.06. The summed E-state index contributed by atoms with van der Waals surface area (Å²) >= 11 is 0. The van der Waals surface area contributed by atoms with Crippen LogP contribution in [0.5, 0.6) is 0 Å². The minimum Gasteiger partial charge on any atom is -0.467 e. The van der Waals surface area contributed by atoms with Crippen molar-refractivity contribution in [3.63, 3.8) is 0 Å². The molecule has 0 aliphatic heterocycles. The lowest BCUT2D eigenvalue weighted by Gasteiger charge is -2.32. The van der Waals surface area contributed by atoms with E-state index in [0.717, 1.165) is 39.7 Å². The Balaban J connectivity index is 4.08. The van der Waals surface area contributed by atoms with Crippen LogP contribution in [0.2, 0.25) is 0 Å². The van der Waals surface area contributed by atoms with Gasteiger partial charge in [0.05, 0.1) is 7.11 Å². The molecule has 0 aromatic rings. The molecule has 0 aromatic heterocycles. The van der Waals surface area contributed by atoms with Crippen LogP contribution in [0.4, 0.5) is 0 Å². The lowest BCUT2D eigenvalue weighted by atomic mass is 9.90. The number of hydrogen-bond donors (Lipinski definition) is 5. The summed E-state index contributed by atoms with van der Waals surface area (Å²) in [7, 11) is 4.53. The highest BCUT2D eigenvalue weighted by Gasteiger charge is 2.46. The third-order valence-electron chi connectivity index (χ3n) is 7.28. The van der Waals surface area contributed by atoms with Gasteiger partial charge >= 0.3 is 5.97 Å².